The maximum absolute atomic E-state index is 7.37. The van der Waals surface area contributed by atoms with Crippen LogP contribution in [0.1, 0.15) is 36.0 Å². The average Bonchev–Trinajstić information content (AvgIpc) is 2.03. The van der Waals surface area contributed by atoms with Crippen LogP contribution in [-0.4, -0.2) is 12.2 Å². The lowest BCUT2D eigenvalue weighted by molar-refractivity contribution is -0.0244. The van der Waals surface area contributed by atoms with Crippen LogP contribution in [0.15, 0.2) is 12.7 Å². The smallest absolute Gasteiger partial charge is 0.0598 e. The van der Waals surface area contributed by atoms with Crippen LogP contribution in [0.5, 0.6) is 0 Å². The van der Waals surface area contributed by atoms with E-state index in [2.05, 4.69) is 13.5 Å². The minimum absolute atomic E-state index is 0.103. The van der Waals surface area contributed by atoms with E-state index in [4.69, 9.17) is 6.11 Å². The Kier molecular flexibility index (Phi) is 3.80. The highest BCUT2D eigenvalue weighted by Crippen LogP contribution is 2.15. The summed E-state index contributed by atoms with van der Waals surface area (Å²) in [6, 6.07) is 0. The van der Waals surface area contributed by atoms with Crippen molar-refractivity contribution in [2.75, 3.05) is 6.61 Å². The van der Waals surface area contributed by atoms with Crippen molar-refractivity contribution in [3.05, 3.63) is 12.7 Å². The summed E-state index contributed by atoms with van der Waals surface area (Å²) in [5, 5.41) is 0. The molecule has 1 nitrogen and oxygen atoms in total. The van der Waals surface area contributed by atoms with Gasteiger partial charge in [0.05, 0.1) is 12.2 Å². The molecule has 0 bridgehead atoms. The van der Waals surface area contributed by atoms with Gasteiger partial charge in [-0.2, -0.15) is 0 Å². The SMILES string of the molecule is [2H]C[C@@H](COC(C)(C)C)[C@H](C)C=C. The molecule has 0 saturated heterocycles. The average molecular weight is 171 g/mol. The van der Waals surface area contributed by atoms with Gasteiger partial charge in [-0.15, -0.1) is 6.58 Å². The van der Waals surface area contributed by atoms with Gasteiger partial charge in [-0.05, 0) is 32.6 Å². The zero-order valence-corrected chi connectivity index (χ0v) is 8.76. The van der Waals surface area contributed by atoms with E-state index >= 15 is 0 Å². The Morgan fingerprint density at radius 2 is 2.17 bits per heavy atom. The fraction of sp³-hybridized carbons (Fsp3) is 0.818. The van der Waals surface area contributed by atoms with Crippen LogP contribution in [-0.2, 0) is 4.74 Å². The molecule has 0 aliphatic carbocycles. The van der Waals surface area contributed by atoms with Gasteiger partial charge in [-0.25, -0.2) is 0 Å². The van der Waals surface area contributed by atoms with E-state index in [9.17, 15) is 0 Å². The van der Waals surface area contributed by atoms with Crippen LogP contribution < -0.4 is 0 Å². The van der Waals surface area contributed by atoms with Crippen molar-refractivity contribution < 1.29 is 6.11 Å². The highest BCUT2D eigenvalue weighted by Gasteiger charge is 2.14. The summed E-state index contributed by atoms with van der Waals surface area (Å²) in [6.07, 6.45) is 1.89. The first-order chi connectivity index (χ1) is 5.90. The first-order valence-electron chi connectivity index (χ1n) is 5.17. The van der Waals surface area contributed by atoms with Gasteiger partial charge < -0.3 is 4.74 Å². The fourth-order valence-electron chi connectivity index (χ4n) is 0.701. The van der Waals surface area contributed by atoms with Crippen molar-refractivity contribution in [3.63, 3.8) is 0 Å². The second-order valence-electron chi connectivity index (χ2n) is 4.28. The second-order valence-corrected chi connectivity index (χ2v) is 4.28. The normalized spacial score (nSPS) is 18.2. The maximum Gasteiger partial charge on any atom is 0.0598 e. The lowest BCUT2D eigenvalue weighted by Crippen LogP contribution is -2.24. The minimum atomic E-state index is -0.103. The van der Waals surface area contributed by atoms with Crippen molar-refractivity contribution in [1.82, 2.24) is 0 Å². The number of rotatable bonds is 4. The summed E-state index contributed by atoms with van der Waals surface area (Å²) in [4.78, 5) is 0. The molecule has 0 amide bonds. The number of hydrogen-bond donors (Lipinski definition) is 0. The predicted octanol–water partition coefficient (Wildman–Crippen LogP) is 3.26. The zero-order valence-electron chi connectivity index (χ0n) is 9.76. The Balaban J connectivity index is 3.92. The van der Waals surface area contributed by atoms with Gasteiger partial charge in [0.2, 0.25) is 0 Å². The molecule has 0 fully saturated rings. The molecule has 0 spiro atoms. The molecule has 1 heteroatoms. The molecular formula is C11H22O. The lowest BCUT2D eigenvalue weighted by Gasteiger charge is -2.24. The molecule has 0 N–H and O–H groups in total. The van der Waals surface area contributed by atoms with E-state index < -0.39 is 0 Å². The summed E-state index contributed by atoms with van der Waals surface area (Å²) >= 11 is 0. The van der Waals surface area contributed by atoms with Crippen molar-refractivity contribution in [2.45, 2.75) is 40.2 Å². The van der Waals surface area contributed by atoms with E-state index in [1.807, 2.05) is 26.8 Å². The van der Waals surface area contributed by atoms with Crippen molar-refractivity contribution in [1.29, 1.82) is 0 Å². The van der Waals surface area contributed by atoms with Crippen molar-refractivity contribution in [2.24, 2.45) is 11.8 Å². The third-order valence-electron chi connectivity index (χ3n) is 1.85. The molecule has 72 valence electrons. The van der Waals surface area contributed by atoms with Crippen molar-refractivity contribution >= 4 is 0 Å². The number of hydrogen-bond acceptors (Lipinski definition) is 1. The van der Waals surface area contributed by atoms with E-state index in [1.165, 1.54) is 0 Å². The molecule has 2 atom stereocenters. The van der Waals surface area contributed by atoms with Crippen LogP contribution in [0, 0.1) is 11.8 Å². The topological polar surface area (TPSA) is 9.23 Å². The fourth-order valence-corrected chi connectivity index (χ4v) is 0.701. The van der Waals surface area contributed by atoms with Gasteiger partial charge in [0, 0.05) is 1.37 Å². The predicted molar refractivity (Wildman–Crippen MR) is 54.2 cm³/mol. The van der Waals surface area contributed by atoms with Gasteiger partial charge in [0.25, 0.3) is 0 Å². The molecule has 0 aliphatic rings. The molecule has 0 aromatic rings. The van der Waals surface area contributed by atoms with Gasteiger partial charge in [0.1, 0.15) is 0 Å². The van der Waals surface area contributed by atoms with Gasteiger partial charge in [-0.1, -0.05) is 19.9 Å². The zero-order chi connectivity index (χ0) is 10.5. The Bertz CT molecular complexity index is 149. The Morgan fingerprint density at radius 1 is 1.58 bits per heavy atom. The highest BCUT2D eigenvalue weighted by atomic mass is 16.5. The third kappa shape index (κ3) is 5.36. The van der Waals surface area contributed by atoms with E-state index in [0.717, 1.165) is 0 Å². The molecular weight excluding hydrogens is 148 g/mol. The molecule has 0 aromatic heterocycles. The summed E-state index contributed by atoms with van der Waals surface area (Å²) in [5.74, 6) is 0.636. The monoisotopic (exact) mass is 171 g/mol. The Labute approximate surface area is 78.2 Å². The van der Waals surface area contributed by atoms with Crippen LogP contribution >= 0.6 is 0 Å². The van der Waals surface area contributed by atoms with Gasteiger partial charge in [0.15, 0.2) is 0 Å². The summed E-state index contributed by atoms with van der Waals surface area (Å²) < 4.78 is 13.0. The molecule has 0 rings (SSSR count). The third-order valence-corrected chi connectivity index (χ3v) is 1.85. The standard InChI is InChI=1S/C11H22O/c1-7-9(2)10(3)8-12-11(4,5)6/h7,9-10H,1,8H2,2-6H3/t9-,10+/m1/s1/i3D. The van der Waals surface area contributed by atoms with E-state index in [0.29, 0.717) is 19.4 Å². The van der Waals surface area contributed by atoms with Crippen LogP contribution in [0.4, 0.5) is 0 Å². The first kappa shape index (κ1) is 9.79. The minimum Gasteiger partial charge on any atom is -0.376 e. The number of allylic oxidation sites excluding steroid dienone is 1. The first-order valence-corrected chi connectivity index (χ1v) is 4.46. The molecule has 0 heterocycles. The molecule has 0 radical (unpaired) electrons. The van der Waals surface area contributed by atoms with Gasteiger partial charge >= 0.3 is 0 Å². The maximum atomic E-state index is 7.37. The molecule has 0 aliphatic heterocycles. The summed E-state index contributed by atoms with van der Waals surface area (Å²) in [7, 11) is 0. The highest BCUT2D eigenvalue weighted by molar-refractivity contribution is 4.79. The van der Waals surface area contributed by atoms with E-state index in [-0.39, 0.29) is 11.5 Å². The molecule has 0 aromatic carbocycles. The quantitative estimate of drug-likeness (QED) is 0.590. The van der Waals surface area contributed by atoms with Crippen molar-refractivity contribution in [3.8, 4) is 0 Å². The van der Waals surface area contributed by atoms with E-state index in [1.54, 1.807) is 0 Å². The van der Waals surface area contributed by atoms with Crippen LogP contribution in [0.25, 0.3) is 0 Å². The summed E-state index contributed by atoms with van der Waals surface area (Å²) in [6.45, 7) is 13.0. The second kappa shape index (κ2) is 4.66. The molecule has 12 heavy (non-hydrogen) atoms. The largest absolute Gasteiger partial charge is 0.376 e. The molecule has 0 saturated carbocycles. The Hall–Kier alpha value is -0.300. The van der Waals surface area contributed by atoms with Crippen LogP contribution in [0.3, 0.4) is 0 Å². The van der Waals surface area contributed by atoms with Crippen LogP contribution in [0.2, 0.25) is 0 Å². The number of ether oxygens (including phenoxy) is 1. The molecule has 0 unspecified atom stereocenters. The van der Waals surface area contributed by atoms with Gasteiger partial charge in [-0.3, -0.25) is 0 Å². The summed E-state index contributed by atoms with van der Waals surface area (Å²) in [5.41, 5.74) is -0.103. The Morgan fingerprint density at radius 3 is 2.50 bits per heavy atom. The lowest BCUT2D eigenvalue weighted by atomic mass is 9.97.